The van der Waals surface area contributed by atoms with Crippen LogP contribution in [0.25, 0.3) is 0 Å². The Balaban J connectivity index is 2.52. The van der Waals surface area contributed by atoms with E-state index in [1.165, 1.54) is 0 Å². The minimum absolute atomic E-state index is 0.00352. The summed E-state index contributed by atoms with van der Waals surface area (Å²) in [7, 11) is 0. The average molecular weight is 287 g/mol. The third-order valence-corrected chi connectivity index (χ3v) is 2.55. The molecule has 1 N–H and O–H groups in total. The van der Waals surface area contributed by atoms with Crippen LogP contribution in [0.3, 0.4) is 0 Å². The van der Waals surface area contributed by atoms with Crippen molar-refractivity contribution in [3.05, 3.63) is 34.3 Å². The van der Waals surface area contributed by atoms with Crippen molar-refractivity contribution in [2.45, 2.75) is 25.9 Å². The van der Waals surface area contributed by atoms with E-state index in [1.54, 1.807) is 12.1 Å². The smallest absolute Gasteiger partial charge is 0.308 e. The first-order valence-electron chi connectivity index (χ1n) is 5.22. The van der Waals surface area contributed by atoms with E-state index < -0.39 is 6.10 Å². The minimum Gasteiger partial charge on any atom is -0.466 e. The Kier molecular flexibility index (Phi) is 5.49. The Labute approximate surface area is 104 Å². The number of hydrogen-bond acceptors (Lipinski definition) is 3. The van der Waals surface area contributed by atoms with Gasteiger partial charge in [0.15, 0.2) is 0 Å². The van der Waals surface area contributed by atoms with Gasteiger partial charge in [-0.3, -0.25) is 4.79 Å². The molecule has 0 aliphatic rings. The quantitative estimate of drug-likeness (QED) is 0.847. The fourth-order valence-electron chi connectivity index (χ4n) is 1.26. The molecule has 0 heterocycles. The summed E-state index contributed by atoms with van der Waals surface area (Å²) in [5.41, 5.74) is 0.711. The first kappa shape index (κ1) is 13.2. The lowest BCUT2D eigenvalue weighted by Crippen LogP contribution is -2.10. The van der Waals surface area contributed by atoms with Gasteiger partial charge < -0.3 is 9.84 Å². The van der Waals surface area contributed by atoms with Gasteiger partial charge in [0.2, 0.25) is 0 Å². The number of hydrogen-bond donors (Lipinski definition) is 1. The SMILES string of the molecule is CCCOC(=O)C[C@H](O)c1cccc(Br)c1. The molecule has 0 aliphatic carbocycles. The van der Waals surface area contributed by atoms with E-state index >= 15 is 0 Å². The van der Waals surface area contributed by atoms with Gasteiger partial charge in [-0.2, -0.15) is 0 Å². The van der Waals surface area contributed by atoms with Gasteiger partial charge in [-0.05, 0) is 24.1 Å². The Morgan fingerprint density at radius 2 is 2.31 bits per heavy atom. The number of aliphatic hydroxyl groups excluding tert-OH is 1. The molecule has 1 aromatic rings. The molecule has 1 rings (SSSR count). The van der Waals surface area contributed by atoms with E-state index in [0.29, 0.717) is 12.2 Å². The molecule has 0 aromatic heterocycles. The highest BCUT2D eigenvalue weighted by molar-refractivity contribution is 9.10. The van der Waals surface area contributed by atoms with Crippen molar-refractivity contribution in [1.29, 1.82) is 0 Å². The lowest BCUT2D eigenvalue weighted by molar-refractivity contribution is -0.146. The van der Waals surface area contributed by atoms with Gasteiger partial charge in [-0.1, -0.05) is 35.0 Å². The van der Waals surface area contributed by atoms with Crippen LogP contribution >= 0.6 is 15.9 Å². The molecule has 0 spiro atoms. The Bertz CT molecular complexity index is 352. The van der Waals surface area contributed by atoms with Gasteiger partial charge in [0.05, 0.1) is 19.1 Å². The summed E-state index contributed by atoms with van der Waals surface area (Å²) in [4.78, 5) is 11.3. The van der Waals surface area contributed by atoms with Crippen LogP contribution < -0.4 is 0 Å². The minimum atomic E-state index is -0.804. The summed E-state index contributed by atoms with van der Waals surface area (Å²) in [6, 6.07) is 7.26. The number of halogens is 1. The Morgan fingerprint density at radius 1 is 1.56 bits per heavy atom. The van der Waals surface area contributed by atoms with Crippen molar-refractivity contribution >= 4 is 21.9 Å². The molecule has 4 heteroatoms. The molecule has 88 valence electrons. The molecule has 0 saturated carbocycles. The molecule has 0 bridgehead atoms. The van der Waals surface area contributed by atoms with E-state index in [4.69, 9.17) is 4.74 Å². The van der Waals surface area contributed by atoms with Crippen LogP contribution in [0.5, 0.6) is 0 Å². The summed E-state index contributed by atoms with van der Waals surface area (Å²) in [6.07, 6.45) is -0.0170. The molecule has 3 nitrogen and oxygen atoms in total. The summed E-state index contributed by atoms with van der Waals surface area (Å²) in [5, 5.41) is 9.79. The number of benzene rings is 1. The predicted octanol–water partition coefficient (Wildman–Crippen LogP) is 2.83. The Morgan fingerprint density at radius 3 is 2.94 bits per heavy atom. The molecule has 0 radical (unpaired) electrons. The fourth-order valence-corrected chi connectivity index (χ4v) is 1.68. The molecular weight excluding hydrogens is 272 g/mol. The van der Waals surface area contributed by atoms with Gasteiger partial charge in [0, 0.05) is 4.47 Å². The van der Waals surface area contributed by atoms with Gasteiger partial charge in [0.25, 0.3) is 0 Å². The van der Waals surface area contributed by atoms with Crippen LogP contribution in [0.1, 0.15) is 31.4 Å². The van der Waals surface area contributed by atoms with Crippen LogP contribution in [0, 0.1) is 0 Å². The van der Waals surface area contributed by atoms with Crippen LogP contribution in [0.2, 0.25) is 0 Å². The standard InChI is InChI=1S/C12H15BrO3/c1-2-6-16-12(15)8-11(14)9-4-3-5-10(13)7-9/h3-5,7,11,14H,2,6,8H2,1H3/t11-/m0/s1. The number of carbonyl (C=O) groups excluding carboxylic acids is 1. The maximum Gasteiger partial charge on any atom is 0.308 e. The number of carbonyl (C=O) groups is 1. The van der Waals surface area contributed by atoms with Gasteiger partial charge in [-0.25, -0.2) is 0 Å². The number of aliphatic hydroxyl groups is 1. The molecule has 16 heavy (non-hydrogen) atoms. The van der Waals surface area contributed by atoms with Gasteiger partial charge in [-0.15, -0.1) is 0 Å². The molecule has 1 atom stereocenters. The van der Waals surface area contributed by atoms with E-state index in [-0.39, 0.29) is 12.4 Å². The Hall–Kier alpha value is -0.870. The van der Waals surface area contributed by atoms with Crippen molar-refractivity contribution in [2.75, 3.05) is 6.61 Å². The summed E-state index contributed by atoms with van der Waals surface area (Å²) in [5.74, 6) is -0.366. The van der Waals surface area contributed by atoms with E-state index in [2.05, 4.69) is 15.9 Å². The van der Waals surface area contributed by atoms with Crippen molar-refractivity contribution in [3.63, 3.8) is 0 Å². The van der Waals surface area contributed by atoms with Gasteiger partial charge in [0.1, 0.15) is 0 Å². The van der Waals surface area contributed by atoms with E-state index in [0.717, 1.165) is 10.9 Å². The second-order valence-electron chi connectivity index (χ2n) is 3.50. The van der Waals surface area contributed by atoms with Crippen LogP contribution in [0.15, 0.2) is 28.7 Å². The number of rotatable bonds is 5. The zero-order chi connectivity index (χ0) is 12.0. The molecule has 1 aromatic carbocycles. The van der Waals surface area contributed by atoms with Crippen LogP contribution in [-0.4, -0.2) is 17.7 Å². The van der Waals surface area contributed by atoms with Crippen molar-refractivity contribution in [2.24, 2.45) is 0 Å². The third-order valence-electron chi connectivity index (χ3n) is 2.06. The zero-order valence-corrected chi connectivity index (χ0v) is 10.7. The summed E-state index contributed by atoms with van der Waals surface area (Å²) >= 11 is 3.31. The van der Waals surface area contributed by atoms with Crippen LogP contribution in [-0.2, 0) is 9.53 Å². The highest BCUT2D eigenvalue weighted by Gasteiger charge is 2.13. The normalized spacial score (nSPS) is 12.2. The highest BCUT2D eigenvalue weighted by atomic mass is 79.9. The molecule has 0 unspecified atom stereocenters. The third kappa shape index (κ3) is 4.33. The first-order chi connectivity index (χ1) is 7.63. The van der Waals surface area contributed by atoms with Crippen molar-refractivity contribution < 1.29 is 14.6 Å². The zero-order valence-electron chi connectivity index (χ0n) is 9.15. The maximum absolute atomic E-state index is 11.3. The average Bonchev–Trinajstić information content (AvgIpc) is 2.26. The highest BCUT2D eigenvalue weighted by Crippen LogP contribution is 2.20. The first-order valence-corrected chi connectivity index (χ1v) is 6.02. The largest absolute Gasteiger partial charge is 0.466 e. The number of ether oxygens (including phenoxy) is 1. The molecule has 0 amide bonds. The summed E-state index contributed by atoms with van der Waals surface area (Å²) in [6.45, 7) is 2.34. The maximum atomic E-state index is 11.3. The number of esters is 1. The second-order valence-corrected chi connectivity index (χ2v) is 4.41. The van der Waals surface area contributed by atoms with Crippen LogP contribution in [0.4, 0.5) is 0 Å². The second kappa shape index (κ2) is 6.66. The van der Waals surface area contributed by atoms with Crippen molar-refractivity contribution in [1.82, 2.24) is 0 Å². The predicted molar refractivity (Wildman–Crippen MR) is 65.0 cm³/mol. The monoisotopic (exact) mass is 286 g/mol. The summed E-state index contributed by atoms with van der Waals surface area (Å²) < 4.78 is 5.78. The van der Waals surface area contributed by atoms with Gasteiger partial charge >= 0.3 is 5.97 Å². The molecule has 0 fully saturated rings. The van der Waals surface area contributed by atoms with Crippen molar-refractivity contribution in [3.8, 4) is 0 Å². The lowest BCUT2D eigenvalue weighted by atomic mass is 10.1. The molecule has 0 aliphatic heterocycles. The van der Waals surface area contributed by atoms with E-state index in [9.17, 15) is 9.90 Å². The molecule has 0 saturated heterocycles. The lowest BCUT2D eigenvalue weighted by Gasteiger charge is -2.10. The fraction of sp³-hybridized carbons (Fsp3) is 0.417. The molecular formula is C12H15BrO3. The van der Waals surface area contributed by atoms with E-state index in [1.807, 2.05) is 19.1 Å². The topological polar surface area (TPSA) is 46.5 Å².